The van der Waals surface area contributed by atoms with Crippen molar-refractivity contribution in [1.82, 2.24) is 14.7 Å². The summed E-state index contributed by atoms with van der Waals surface area (Å²) in [5.41, 5.74) is 2.12. The molecule has 0 aliphatic carbocycles. The zero-order valence-corrected chi connectivity index (χ0v) is 18.4. The molecule has 2 aromatic rings. The maximum Gasteiger partial charge on any atom is 0.290 e. The van der Waals surface area contributed by atoms with Gasteiger partial charge in [0, 0.05) is 51.9 Å². The van der Waals surface area contributed by atoms with Crippen LogP contribution in [0.15, 0.2) is 47.1 Å². The third-order valence-electron chi connectivity index (χ3n) is 5.99. The fourth-order valence-electron chi connectivity index (χ4n) is 4.20. The van der Waals surface area contributed by atoms with Crippen molar-refractivity contribution in [3.8, 4) is 0 Å². The van der Waals surface area contributed by atoms with E-state index in [-0.39, 0.29) is 23.3 Å². The Morgan fingerprint density at radius 3 is 2.39 bits per heavy atom. The Labute approximate surface area is 182 Å². The van der Waals surface area contributed by atoms with Crippen molar-refractivity contribution < 1.29 is 22.4 Å². The summed E-state index contributed by atoms with van der Waals surface area (Å²) in [5, 5.41) is 0. The summed E-state index contributed by atoms with van der Waals surface area (Å²) < 4.78 is 28.1. The molecule has 31 heavy (non-hydrogen) atoms. The SMILES string of the molecule is CS(=O)(=O)CCN1CCN(C(=O)C2Cc3ccccc3CN2C(=O)c2ccco2)CC1. The molecule has 1 saturated heterocycles. The summed E-state index contributed by atoms with van der Waals surface area (Å²) in [5.74, 6) is -0.0178. The lowest BCUT2D eigenvalue weighted by Crippen LogP contribution is -2.57. The molecular formula is C22H27N3O5S. The molecule has 8 nitrogen and oxygen atoms in total. The van der Waals surface area contributed by atoms with Gasteiger partial charge in [0.15, 0.2) is 5.76 Å². The molecule has 1 fully saturated rings. The molecule has 0 radical (unpaired) electrons. The van der Waals surface area contributed by atoms with Gasteiger partial charge in [-0.3, -0.25) is 14.5 Å². The second-order valence-electron chi connectivity index (χ2n) is 8.20. The van der Waals surface area contributed by atoms with Crippen molar-refractivity contribution in [3.63, 3.8) is 0 Å². The van der Waals surface area contributed by atoms with Gasteiger partial charge in [-0.1, -0.05) is 24.3 Å². The summed E-state index contributed by atoms with van der Waals surface area (Å²) in [7, 11) is -3.01. The number of hydrogen-bond donors (Lipinski definition) is 0. The van der Waals surface area contributed by atoms with Gasteiger partial charge in [0.25, 0.3) is 5.91 Å². The largest absolute Gasteiger partial charge is 0.459 e. The highest BCUT2D eigenvalue weighted by molar-refractivity contribution is 7.90. The van der Waals surface area contributed by atoms with E-state index in [9.17, 15) is 18.0 Å². The van der Waals surface area contributed by atoms with E-state index in [1.54, 1.807) is 21.9 Å². The predicted molar refractivity (Wildman–Crippen MR) is 115 cm³/mol. The first kappa shape index (κ1) is 21.6. The molecule has 2 aliphatic rings. The number of piperazine rings is 1. The molecule has 0 spiro atoms. The Kier molecular flexibility index (Phi) is 6.15. The monoisotopic (exact) mass is 445 g/mol. The van der Waals surface area contributed by atoms with Gasteiger partial charge >= 0.3 is 0 Å². The number of amides is 2. The van der Waals surface area contributed by atoms with Crippen LogP contribution in [0.5, 0.6) is 0 Å². The standard InChI is InChI=1S/C22H27N3O5S/c1-31(28,29)14-12-23-8-10-24(11-9-23)21(26)19-15-17-5-2-3-6-18(17)16-25(19)22(27)20-7-4-13-30-20/h2-7,13,19H,8-12,14-16H2,1H3. The van der Waals surface area contributed by atoms with E-state index < -0.39 is 15.9 Å². The Bertz CT molecular complexity index is 1040. The summed E-state index contributed by atoms with van der Waals surface area (Å²) >= 11 is 0. The maximum absolute atomic E-state index is 13.5. The van der Waals surface area contributed by atoms with Crippen LogP contribution in [0.4, 0.5) is 0 Å². The lowest BCUT2D eigenvalue weighted by molar-refractivity contribution is -0.138. The van der Waals surface area contributed by atoms with Crippen LogP contribution in [0.1, 0.15) is 21.7 Å². The highest BCUT2D eigenvalue weighted by atomic mass is 32.2. The fourth-order valence-corrected chi connectivity index (χ4v) is 4.79. The summed E-state index contributed by atoms with van der Waals surface area (Å²) in [6.45, 7) is 3.11. The number of nitrogens with zero attached hydrogens (tertiary/aromatic N) is 3. The topological polar surface area (TPSA) is 91.1 Å². The van der Waals surface area contributed by atoms with Gasteiger partial charge < -0.3 is 14.2 Å². The number of carbonyl (C=O) groups excluding carboxylic acids is 2. The average Bonchev–Trinajstić information content (AvgIpc) is 3.30. The molecule has 2 aliphatic heterocycles. The van der Waals surface area contributed by atoms with Crippen LogP contribution in [0.3, 0.4) is 0 Å². The van der Waals surface area contributed by atoms with E-state index in [1.165, 1.54) is 12.5 Å². The molecule has 0 saturated carbocycles. The number of rotatable bonds is 5. The van der Waals surface area contributed by atoms with Gasteiger partial charge in [-0.2, -0.15) is 0 Å². The molecule has 1 aromatic carbocycles. The van der Waals surface area contributed by atoms with Gasteiger partial charge in [0.2, 0.25) is 5.91 Å². The Hall–Kier alpha value is -2.65. The summed E-state index contributed by atoms with van der Waals surface area (Å²) in [6.07, 6.45) is 3.16. The fraction of sp³-hybridized carbons (Fsp3) is 0.455. The number of carbonyl (C=O) groups is 2. The minimum Gasteiger partial charge on any atom is -0.459 e. The van der Waals surface area contributed by atoms with Gasteiger partial charge in [-0.15, -0.1) is 0 Å². The van der Waals surface area contributed by atoms with Crippen LogP contribution in [-0.4, -0.2) is 85.7 Å². The van der Waals surface area contributed by atoms with Gasteiger partial charge in [0.1, 0.15) is 15.9 Å². The molecule has 4 rings (SSSR count). The van der Waals surface area contributed by atoms with Crippen LogP contribution < -0.4 is 0 Å². The molecular weight excluding hydrogens is 418 g/mol. The Morgan fingerprint density at radius 1 is 1.03 bits per heavy atom. The molecule has 1 unspecified atom stereocenters. The molecule has 0 N–H and O–H groups in total. The van der Waals surface area contributed by atoms with Crippen molar-refractivity contribution in [2.24, 2.45) is 0 Å². The molecule has 166 valence electrons. The first-order valence-corrected chi connectivity index (χ1v) is 12.5. The van der Waals surface area contributed by atoms with Crippen LogP contribution >= 0.6 is 0 Å². The van der Waals surface area contributed by atoms with Crippen molar-refractivity contribution >= 4 is 21.7 Å². The van der Waals surface area contributed by atoms with Gasteiger partial charge in [-0.25, -0.2) is 8.42 Å². The smallest absolute Gasteiger partial charge is 0.290 e. The first-order chi connectivity index (χ1) is 14.8. The number of furan rings is 1. The zero-order chi connectivity index (χ0) is 22.0. The van der Waals surface area contributed by atoms with Crippen LogP contribution in [-0.2, 0) is 27.6 Å². The van der Waals surface area contributed by atoms with E-state index in [2.05, 4.69) is 4.90 Å². The van der Waals surface area contributed by atoms with Crippen LogP contribution in [0.2, 0.25) is 0 Å². The van der Waals surface area contributed by atoms with E-state index in [1.807, 2.05) is 24.3 Å². The summed E-state index contributed by atoms with van der Waals surface area (Å²) in [4.78, 5) is 32.0. The van der Waals surface area contributed by atoms with E-state index >= 15 is 0 Å². The third kappa shape index (κ3) is 4.99. The predicted octanol–water partition coefficient (Wildman–Crippen LogP) is 1.04. The van der Waals surface area contributed by atoms with Crippen molar-refractivity contribution in [2.45, 2.75) is 19.0 Å². The number of benzene rings is 1. The maximum atomic E-state index is 13.5. The normalized spacial score (nSPS) is 19.8. The molecule has 1 aromatic heterocycles. The molecule has 9 heteroatoms. The van der Waals surface area contributed by atoms with Crippen molar-refractivity contribution in [2.75, 3.05) is 44.7 Å². The van der Waals surface area contributed by atoms with E-state index in [0.717, 1.165) is 11.1 Å². The van der Waals surface area contributed by atoms with Gasteiger partial charge in [-0.05, 0) is 23.3 Å². The highest BCUT2D eigenvalue weighted by Gasteiger charge is 2.38. The molecule has 2 amide bonds. The highest BCUT2D eigenvalue weighted by Crippen LogP contribution is 2.26. The van der Waals surface area contributed by atoms with Crippen LogP contribution in [0, 0.1) is 0 Å². The van der Waals surface area contributed by atoms with E-state index in [0.29, 0.717) is 45.7 Å². The second kappa shape index (κ2) is 8.84. The van der Waals surface area contributed by atoms with E-state index in [4.69, 9.17) is 4.42 Å². The first-order valence-electron chi connectivity index (χ1n) is 10.4. The van der Waals surface area contributed by atoms with Crippen LogP contribution in [0.25, 0.3) is 0 Å². The average molecular weight is 446 g/mol. The molecule has 3 heterocycles. The van der Waals surface area contributed by atoms with Gasteiger partial charge in [0.05, 0.1) is 12.0 Å². The second-order valence-corrected chi connectivity index (χ2v) is 10.5. The zero-order valence-electron chi connectivity index (χ0n) is 17.6. The van der Waals surface area contributed by atoms with Crippen molar-refractivity contribution in [3.05, 3.63) is 59.5 Å². The summed E-state index contributed by atoms with van der Waals surface area (Å²) in [6, 6.07) is 10.6. The lowest BCUT2D eigenvalue weighted by Gasteiger charge is -2.41. The number of hydrogen-bond acceptors (Lipinski definition) is 6. The van der Waals surface area contributed by atoms with Crippen molar-refractivity contribution in [1.29, 1.82) is 0 Å². The third-order valence-corrected chi connectivity index (χ3v) is 6.91. The Morgan fingerprint density at radius 2 is 1.74 bits per heavy atom. The quantitative estimate of drug-likeness (QED) is 0.683. The number of sulfone groups is 1. The molecule has 1 atom stereocenters. The number of fused-ring (bicyclic) bond motifs is 1. The molecule has 0 bridgehead atoms. The Balaban J connectivity index is 1.48. The lowest BCUT2D eigenvalue weighted by atomic mass is 9.92. The minimum atomic E-state index is -3.01. The minimum absolute atomic E-state index is 0.0721.